The first-order valence-corrected chi connectivity index (χ1v) is 14.4. The van der Waals surface area contributed by atoms with Crippen LogP contribution in [-0.4, -0.2) is 48.4 Å². The lowest BCUT2D eigenvalue weighted by molar-refractivity contribution is 0.0148. The molecular weight excluding hydrogens is 512 g/mol. The predicted molar refractivity (Wildman–Crippen MR) is 141 cm³/mol. The van der Waals surface area contributed by atoms with Crippen molar-refractivity contribution >= 4 is 32.6 Å². The molecule has 0 spiro atoms. The normalized spacial score (nSPS) is 17.4. The van der Waals surface area contributed by atoms with E-state index in [9.17, 15) is 17.2 Å². The highest BCUT2D eigenvalue weighted by Crippen LogP contribution is 2.39. The number of aromatic nitrogens is 3. The first-order valence-electron chi connectivity index (χ1n) is 12.5. The number of alkyl halides is 2. The molecule has 8 nitrogen and oxygen atoms in total. The van der Waals surface area contributed by atoms with Gasteiger partial charge in [0, 0.05) is 37.6 Å². The van der Waals surface area contributed by atoms with Crippen LogP contribution < -0.4 is 5.32 Å². The molecule has 3 aromatic rings. The molecule has 2 aliphatic heterocycles. The van der Waals surface area contributed by atoms with Gasteiger partial charge in [0.2, 0.25) is 0 Å². The molecule has 1 atom stereocenters. The molecule has 0 aliphatic carbocycles. The summed E-state index contributed by atoms with van der Waals surface area (Å²) < 4.78 is 58.5. The average Bonchev–Trinajstić information content (AvgIpc) is 3.31. The van der Waals surface area contributed by atoms with Gasteiger partial charge in [-0.05, 0) is 56.9 Å². The summed E-state index contributed by atoms with van der Waals surface area (Å²) in [6, 6.07) is 6.87. The number of pyridine rings is 1. The number of nitrogens with one attached hydrogen (secondary N) is 1. The average molecular weight is 542 g/mol. The van der Waals surface area contributed by atoms with E-state index in [0.717, 1.165) is 42.5 Å². The molecule has 11 heteroatoms. The SMILES string of the molecule is Cc1ncc(Cc2cc(Nc3ccc(C4CCCCO4)cc3S(C)(=O)=O)c3c(n2)CC(C(F)F)=N3)nc1C. The summed E-state index contributed by atoms with van der Waals surface area (Å²) in [4.78, 5) is 17.8. The summed E-state index contributed by atoms with van der Waals surface area (Å²) in [5, 5.41) is 3.17. The first kappa shape index (κ1) is 26.3. The highest BCUT2D eigenvalue weighted by atomic mass is 32.2. The Morgan fingerprint density at radius 1 is 1.08 bits per heavy atom. The summed E-state index contributed by atoms with van der Waals surface area (Å²) in [6.07, 6.45) is 3.01. The van der Waals surface area contributed by atoms with E-state index in [0.29, 0.717) is 41.5 Å². The first-order chi connectivity index (χ1) is 18.1. The highest BCUT2D eigenvalue weighted by molar-refractivity contribution is 7.90. The molecule has 0 bridgehead atoms. The molecule has 1 fully saturated rings. The van der Waals surface area contributed by atoms with Gasteiger partial charge in [-0.3, -0.25) is 15.0 Å². The van der Waals surface area contributed by atoms with Crippen LogP contribution in [0.25, 0.3) is 0 Å². The van der Waals surface area contributed by atoms with Gasteiger partial charge < -0.3 is 10.1 Å². The zero-order valence-electron chi connectivity index (χ0n) is 21.5. The van der Waals surface area contributed by atoms with Crippen LogP contribution in [0.5, 0.6) is 0 Å². The quantitative estimate of drug-likeness (QED) is 0.429. The standard InChI is InChI=1S/C27H29F2N5O3S/c1-15-16(2)31-19(14-30-15)11-18-12-21(26-22(32-18)13-23(34-26)27(28)29)33-20-8-7-17(10-25(20)38(3,35)36)24-6-4-5-9-37-24/h7-8,10,12,14,24,27H,4-6,9,11,13H2,1-3H3,(H,32,33). The molecule has 0 radical (unpaired) electrons. The molecule has 1 N–H and O–H groups in total. The van der Waals surface area contributed by atoms with Gasteiger partial charge in [0.15, 0.2) is 9.84 Å². The molecule has 0 amide bonds. The van der Waals surface area contributed by atoms with Crippen LogP contribution in [0.2, 0.25) is 0 Å². The summed E-state index contributed by atoms with van der Waals surface area (Å²) in [6.45, 7) is 4.38. The minimum Gasteiger partial charge on any atom is -0.374 e. The van der Waals surface area contributed by atoms with Gasteiger partial charge in [-0.25, -0.2) is 22.2 Å². The molecule has 1 unspecified atom stereocenters. The van der Waals surface area contributed by atoms with E-state index in [2.05, 4.69) is 25.3 Å². The van der Waals surface area contributed by atoms with Gasteiger partial charge in [0.05, 0.1) is 50.9 Å². The second-order valence-electron chi connectivity index (χ2n) is 9.75. The molecule has 1 saturated heterocycles. The van der Waals surface area contributed by atoms with Crippen LogP contribution in [0.1, 0.15) is 59.4 Å². The van der Waals surface area contributed by atoms with E-state index in [1.807, 2.05) is 19.9 Å². The van der Waals surface area contributed by atoms with Gasteiger partial charge in [-0.2, -0.15) is 0 Å². The number of aliphatic imine (C=N–C) groups is 1. The lowest BCUT2D eigenvalue weighted by Gasteiger charge is -2.24. The van der Waals surface area contributed by atoms with Gasteiger partial charge in [0.25, 0.3) is 6.43 Å². The fraction of sp³-hybridized carbons (Fsp3) is 0.407. The lowest BCUT2D eigenvalue weighted by atomic mass is 10.0. The Bertz CT molecular complexity index is 1520. The topological polar surface area (TPSA) is 106 Å². The van der Waals surface area contributed by atoms with Gasteiger partial charge in [-0.15, -0.1) is 0 Å². The summed E-state index contributed by atoms with van der Waals surface area (Å²) in [5.74, 6) is 0. The van der Waals surface area contributed by atoms with E-state index >= 15 is 0 Å². The summed E-state index contributed by atoms with van der Waals surface area (Å²) in [7, 11) is -3.63. The van der Waals surface area contributed by atoms with E-state index in [1.54, 1.807) is 24.4 Å². The van der Waals surface area contributed by atoms with Gasteiger partial charge >= 0.3 is 0 Å². The van der Waals surface area contributed by atoms with E-state index < -0.39 is 16.3 Å². The number of sulfone groups is 1. The molecular formula is C27H29F2N5O3S. The van der Waals surface area contributed by atoms with Crippen LogP contribution >= 0.6 is 0 Å². The Kier molecular flexibility index (Phi) is 7.23. The maximum atomic E-state index is 13.5. The number of benzene rings is 1. The minimum atomic E-state index is -3.63. The molecule has 38 heavy (non-hydrogen) atoms. The fourth-order valence-corrected chi connectivity index (χ4v) is 5.59. The third kappa shape index (κ3) is 5.58. The second kappa shape index (κ2) is 10.5. The number of anilines is 2. The van der Waals surface area contributed by atoms with Crippen LogP contribution in [0.3, 0.4) is 0 Å². The van der Waals surface area contributed by atoms with Crippen molar-refractivity contribution < 1.29 is 21.9 Å². The van der Waals surface area contributed by atoms with Crippen molar-refractivity contribution in [2.24, 2.45) is 4.99 Å². The Morgan fingerprint density at radius 2 is 1.89 bits per heavy atom. The van der Waals surface area contributed by atoms with Crippen LogP contribution in [0.15, 0.2) is 40.4 Å². The van der Waals surface area contributed by atoms with Crippen molar-refractivity contribution in [3.63, 3.8) is 0 Å². The number of fused-ring (bicyclic) bond motifs is 1. The predicted octanol–water partition coefficient (Wildman–Crippen LogP) is 5.36. The zero-order valence-corrected chi connectivity index (χ0v) is 22.3. The number of rotatable bonds is 7. The molecule has 0 saturated carbocycles. The van der Waals surface area contributed by atoms with Gasteiger partial charge in [0.1, 0.15) is 5.69 Å². The van der Waals surface area contributed by atoms with E-state index in [4.69, 9.17) is 4.74 Å². The maximum absolute atomic E-state index is 13.5. The minimum absolute atomic E-state index is 0.0784. The summed E-state index contributed by atoms with van der Waals surface area (Å²) >= 11 is 0. The third-order valence-electron chi connectivity index (χ3n) is 6.80. The highest BCUT2D eigenvalue weighted by Gasteiger charge is 2.27. The Morgan fingerprint density at radius 3 is 2.58 bits per heavy atom. The second-order valence-corrected chi connectivity index (χ2v) is 11.7. The van der Waals surface area contributed by atoms with Crippen molar-refractivity contribution in [1.29, 1.82) is 0 Å². The largest absolute Gasteiger partial charge is 0.374 e. The van der Waals surface area contributed by atoms with Crippen LogP contribution in [-0.2, 0) is 27.4 Å². The third-order valence-corrected chi connectivity index (χ3v) is 7.94. The molecule has 1 aromatic carbocycles. The van der Waals surface area contributed by atoms with Crippen molar-refractivity contribution in [1.82, 2.24) is 15.0 Å². The number of hydrogen-bond donors (Lipinski definition) is 1. The molecule has 4 heterocycles. The van der Waals surface area contributed by atoms with Crippen molar-refractivity contribution in [3.8, 4) is 0 Å². The monoisotopic (exact) mass is 541 g/mol. The van der Waals surface area contributed by atoms with Crippen LogP contribution in [0, 0.1) is 13.8 Å². The van der Waals surface area contributed by atoms with Crippen molar-refractivity contribution in [3.05, 3.63) is 64.5 Å². The maximum Gasteiger partial charge on any atom is 0.277 e. The van der Waals surface area contributed by atoms with Gasteiger partial charge in [-0.1, -0.05) is 6.07 Å². The zero-order chi connectivity index (χ0) is 27.0. The Hall–Kier alpha value is -3.31. The van der Waals surface area contributed by atoms with Crippen LogP contribution in [0.4, 0.5) is 25.8 Å². The van der Waals surface area contributed by atoms with Crippen molar-refractivity contribution in [2.45, 2.75) is 63.4 Å². The molecule has 5 rings (SSSR count). The number of halogens is 2. The Balaban J connectivity index is 1.54. The smallest absolute Gasteiger partial charge is 0.277 e. The molecule has 2 aliphatic rings. The van der Waals surface area contributed by atoms with Crippen molar-refractivity contribution in [2.75, 3.05) is 18.2 Å². The Labute approximate surface area is 220 Å². The molecule has 2 aromatic heterocycles. The number of hydrogen-bond acceptors (Lipinski definition) is 8. The number of ether oxygens (including phenoxy) is 1. The van der Waals surface area contributed by atoms with E-state index in [-0.39, 0.29) is 28.8 Å². The summed E-state index contributed by atoms with van der Waals surface area (Å²) in [5.41, 5.74) is 4.85. The van der Waals surface area contributed by atoms with E-state index in [1.165, 1.54) is 0 Å². The molecule has 200 valence electrons. The lowest BCUT2D eigenvalue weighted by Crippen LogP contribution is -2.13. The fourth-order valence-electron chi connectivity index (χ4n) is 4.72. The number of aryl methyl sites for hydroxylation is 2. The number of nitrogens with zero attached hydrogens (tertiary/aromatic N) is 4.